The van der Waals surface area contributed by atoms with Crippen molar-refractivity contribution in [1.82, 2.24) is 10.2 Å². The Hall–Kier alpha value is -1.00. The highest BCUT2D eigenvalue weighted by Crippen LogP contribution is 2.32. The van der Waals surface area contributed by atoms with Gasteiger partial charge in [-0.1, -0.05) is 36.8 Å². The fourth-order valence-electron chi connectivity index (χ4n) is 3.35. The Kier molecular flexibility index (Phi) is 4.32. The smallest absolute Gasteiger partial charge is 0.245 e. The third-order valence-electron chi connectivity index (χ3n) is 4.50. The predicted octanol–water partition coefficient (Wildman–Crippen LogP) is 2.79. The number of thioether (sulfide) groups is 1. The topological polar surface area (TPSA) is 32.3 Å². The van der Waals surface area contributed by atoms with Gasteiger partial charge in [-0.2, -0.15) is 11.8 Å². The van der Waals surface area contributed by atoms with E-state index in [1.807, 2.05) is 42.1 Å². The van der Waals surface area contributed by atoms with Gasteiger partial charge in [-0.25, -0.2) is 0 Å². The molecule has 2 aliphatic rings. The molecule has 3 rings (SSSR count). The predicted molar refractivity (Wildman–Crippen MR) is 83.6 cm³/mol. The van der Waals surface area contributed by atoms with Gasteiger partial charge in [0.25, 0.3) is 0 Å². The van der Waals surface area contributed by atoms with E-state index in [0.29, 0.717) is 12.7 Å². The number of amides is 1. The van der Waals surface area contributed by atoms with Gasteiger partial charge in [0.1, 0.15) is 6.04 Å². The van der Waals surface area contributed by atoms with Gasteiger partial charge in [0.15, 0.2) is 0 Å². The largest absolute Gasteiger partial charge is 0.325 e. The van der Waals surface area contributed by atoms with Crippen LogP contribution in [-0.4, -0.2) is 35.0 Å². The molecule has 1 amide bonds. The van der Waals surface area contributed by atoms with Crippen LogP contribution in [0.1, 0.15) is 37.3 Å². The summed E-state index contributed by atoms with van der Waals surface area (Å²) in [5.41, 5.74) is 1.08. The summed E-state index contributed by atoms with van der Waals surface area (Å²) in [6.07, 6.45) is 7.04. The van der Waals surface area contributed by atoms with Crippen molar-refractivity contribution in [3.8, 4) is 0 Å². The van der Waals surface area contributed by atoms with E-state index in [9.17, 15) is 4.79 Å². The molecule has 20 heavy (non-hydrogen) atoms. The van der Waals surface area contributed by atoms with Gasteiger partial charge in [-0.05, 0) is 31.1 Å². The molecule has 1 saturated heterocycles. The maximum absolute atomic E-state index is 12.7. The summed E-state index contributed by atoms with van der Waals surface area (Å²) < 4.78 is 0. The molecular weight excluding hydrogens is 268 g/mol. The Morgan fingerprint density at radius 1 is 1.25 bits per heavy atom. The van der Waals surface area contributed by atoms with Crippen molar-refractivity contribution in [2.24, 2.45) is 0 Å². The van der Waals surface area contributed by atoms with E-state index in [1.165, 1.54) is 12.8 Å². The van der Waals surface area contributed by atoms with Crippen LogP contribution >= 0.6 is 11.8 Å². The second-order valence-electron chi connectivity index (χ2n) is 5.69. The van der Waals surface area contributed by atoms with Crippen molar-refractivity contribution in [3.05, 3.63) is 35.9 Å². The van der Waals surface area contributed by atoms with Gasteiger partial charge in [-0.15, -0.1) is 0 Å². The first-order chi connectivity index (χ1) is 9.79. The molecule has 0 aromatic heterocycles. The maximum atomic E-state index is 12.7. The van der Waals surface area contributed by atoms with Crippen molar-refractivity contribution in [3.63, 3.8) is 0 Å². The third-order valence-corrected chi connectivity index (χ3v) is 5.60. The average molecular weight is 290 g/mol. The van der Waals surface area contributed by atoms with Gasteiger partial charge in [0.2, 0.25) is 5.91 Å². The van der Waals surface area contributed by atoms with Crippen LogP contribution in [0.4, 0.5) is 0 Å². The Balaban J connectivity index is 1.69. The maximum Gasteiger partial charge on any atom is 0.245 e. The molecule has 1 heterocycles. The first-order valence-electron chi connectivity index (χ1n) is 7.41. The van der Waals surface area contributed by atoms with E-state index in [4.69, 9.17) is 0 Å². The lowest BCUT2D eigenvalue weighted by Crippen LogP contribution is -2.41. The van der Waals surface area contributed by atoms with Gasteiger partial charge in [0.05, 0.1) is 6.67 Å². The molecule has 1 N–H and O–H groups in total. The summed E-state index contributed by atoms with van der Waals surface area (Å²) in [6, 6.07) is 10.3. The lowest BCUT2D eigenvalue weighted by atomic mass is 9.93. The van der Waals surface area contributed by atoms with Crippen LogP contribution in [0, 0.1) is 0 Å². The number of hydrogen-bond donors (Lipinski definition) is 1. The van der Waals surface area contributed by atoms with Crippen LogP contribution in [0.15, 0.2) is 30.3 Å². The lowest BCUT2D eigenvalue weighted by Gasteiger charge is -2.34. The SMILES string of the molecule is CSC1CCCC(N2CNC(c3ccccc3)C2=O)C1. The molecule has 3 nitrogen and oxygen atoms in total. The summed E-state index contributed by atoms with van der Waals surface area (Å²) in [7, 11) is 0. The van der Waals surface area contributed by atoms with Gasteiger partial charge in [-0.3, -0.25) is 10.1 Å². The van der Waals surface area contributed by atoms with Gasteiger partial charge >= 0.3 is 0 Å². The number of rotatable bonds is 3. The Morgan fingerprint density at radius 3 is 2.80 bits per heavy atom. The molecule has 1 aromatic rings. The summed E-state index contributed by atoms with van der Waals surface area (Å²) in [6.45, 7) is 0.699. The summed E-state index contributed by atoms with van der Waals surface area (Å²) in [5.74, 6) is 0.253. The molecule has 3 atom stereocenters. The minimum Gasteiger partial charge on any atom is -0.325 e. The molecule has 1 aliphatic carbocycles. The van der Waals surface area contributed by atoms with Crippen LogP contribution in [0.2, 0.25) is 0 Å². The lowest BCUT2D eigenvalue weighted by molar-refractivity contribution is -0.131. The standard InChI is InChI=1S/C16H22N2OS/c1-20-14-9-5-8-13(10-14)18-11-17-15(16(18)19)12-6-3-2-4-7-12/h2-4,6-7,13-15,17H,5,8-11H2,1H3. The Labute approximate surface area is 125 Å². The van der Waals surface area contributed by atoms with Gasteiger partial charge < -0.3 is 4.90 Å². The normalized spacial score (nSPS) is 30.8. The summed E-state index contributed by atoms with van der Waals surface area (Å²) in [4.78, 5) is 14.7. The van der Waals surface area contributed by atoms with Crippen LogP contribution in [0.25, 0.3) is 0 Å². The summed E-state index contributed by atoms with van der Waals surface area (Å²) >= 11 is 1.95. The van der Waals surface area contributed by atoms with Crippen molar-refractivity contribution >= 4 is 17.7 Å². The molecule has 2 fully saturated rings. The zero-order valence-electron chi connectivity index (χ0n) is 11.9. The molecule has 0 spiro atoms. The molecule has 0 bridgehead atoms. The van der Waals surface area contributed by atoms with E-state index in [0.717, 1.165) is 23.7 Å². The second kappa shape index (κ2) is 6.19. The van der Waals surface area contributed by atoms with E-state index in [1.54, 1.807) is 0 Å². The van der Waals surface area contributed by atoms with Crippen molar-refractivity contribution in [1.29, 1.82) is 0 Å². The highest BCUT2D eigenvalue weighted by atomic mass is 32.2. The quantitative estimate of drug-likeness (QED) is 0.929. The molecule has 0 radical (unpaired) electrons. The van der Waals surface area contributed by atoms with E-state index < -0.39 is 0 Å². The number of carbonyl (C=O) groups is 1. The molecule has 108 valence electrons. The minimum absolute atomic E-state index is 0.147. The second-order valence-corrected chi connectivity index (χ2v) is 6.83. The van der Waals surface area contributed by atoms with E-state index >= 15 is 0 Å². The van der Waals surface area contributed by atoms with E-state index in [2.05, 4.69) is 16.5 Å². The van der Waals surface area contributed by atoms with Crippen LogP contribution in [0.3, 0.4) is 0 Å². The first kappa shape index (κ1) is 14.0. The Morgan fingerprint density at radius 2 is 2.05 bits per heavy atom. The zero-order valence-corrected chi connectivity index (χ0v) is 12.7. The highest BCUT2D eigenvalue weighted by molar-refractivity contribution is 7.99. The fraction of sp³-hybridized carbons (Fsp3) is 0.562. The average Bonchev–Trinajstić information content (AvgIpc) is 2.90. The van der Waals surface area contributed by atoms with Crippen LogP contribution in [-0.2, 0) is 4.79 Å². The molecular formula is C16H22N2OS. The fourth-order valence-corrected chi connectivity index (χ4v) is 4.17. The summed E-state index contributed by atoms with van der Waals surface area (Å²) in [5, 5.41) is 4.09. The number of carbonyl (C=O) groups excluding carboxylic acids is 1. The number of benzene rings is 1. The van der Waals surface area contributed by atoms with Crippen molar-refractivity contribution in [2.45, 2.75) is 43.0 Å². The Bertz CT molecular complexity index is 465. The minimum atomic E-state index is -0.147. The van der Waals surface area contributed by atoms with Crippen molar-refractivity contribution in [2.75, 3.05) is 12.9 Å². The monoisotopic (exact) mass is 290 g/mol. The molecule has 1 aliphatic heterocycles. The number of nitrogens with zero attached hydrogens (tertiary/aromatic N) is 1. The zero-order chi connectivity index (χ0) is 13.9. The molecule has 1 saturated carbocycles. The van der Waals surface area contributed by atoms with E-state index in [-0.39, 0.29) is 11.9 Å². The number of nitrogens with one attached hydrogen (secondary N) is 1. The molecule has 4 heteroatoms. The van der Waals surface area contributed by atoms with Crippen LogP contribution < -0.4 is 5.32 Å². The molecule has 1 aromatic carbocycles. The van der Waals surface area contributed by atoms with Gasteiger partial charge in [0, 0.05) is 11.3 Å². The van der Waals surface area contributed by atoms with Crippen LogP contribution in [0.5, 0.6) is 0 Å². The third kappa shape index (κ3) is 2.72. The first-order valence-corrected chi connectivity index (χ1v) is 8.70. The number of hydrogen-bond acceptors (Lipinski definition) is 3. The highest BCUT2D eigenvalue weighted by Gasteiger charge is 2.37. The molecule has 3 unspecified atom stereocenters. The van der Waals surface area contributed by atoms with Crippen molar-refractivity contribution < 1.29 is 4.79 Å².